The van der Waals surface area contributed by atoms with Crippen molar-refractivity contribution in [2.24, 2.45) is 5.41 Å². The molecule has 4 unspecified atom stereocenters. The highest BCUT2D eigenvalue weighted by Gasteiger charge is 2.58. The molecule has 2 aromatic carbocycles. The summed E-state index contributed by atoms with van der Waals surface area (Å²) < 4.78 is 5.40. The molecule has 186 valence electrons. The van der Waals surface area contributed by atoms with Crippen molar-refractivity contribution in [2.45, 2.75) is 77.2 Å². The molecule has 0 aliphatic heterocycles. The number of nitrogens with zero attached hydrogens (tertiary/aromatic N) is 1. The molecule has 1 heterocycles. The Bertz CT molecular complexity index is 1410. The summed E-state index contributed by atoms with van der Waals surface area (Å²) in [6.07, 6.45) is 4.72. The number of esters is 1. The first-order chi connectivity index (χ1) is 17.1. The summed E-state index contributed by atoms with van der Waals surface area (Å²) in [7, 11) is 0. The van der Waals surface area contributed by atoms with Crippen molar-refractivity contribution in [1.82, 2.24) is 4.98 Å². The van der Waals surface area contributed by atoms with E-state index in [1.807, 2.05) is 13.1 Å². The molecule has 3 aromatic rings. The Morgan fingerprint density at radius 3 is 2.47 bits per heavy atom. The minimum absolute atomic E-state index is 0.0291. The lowest BCUT2D eigenvalue weighted by molar-refractivity contribution is -0.142. The maximum atomic E-state index is 12.7. The normalized spacial score (nSPS) is 26.4. The highest BCUT2D eigenvalue weighted by molar-refractivity contribution is 6.03. The van der Waals surface area contributed by atoms with E-state index in [2.05, 4.69) is 49.4 Å². The maximum absolute atomic E-state index is 12.7. The molecule has 4 aliphatic rings. The molecule has 2 fully saturated rings. The quantitative estimate of drug-likeness (QED) is 0.414. The maximum Gasteiger partial charge on any atom is 0.309 e. The third-order valence-corrected chi connectivity index (χ3v) is 8.28. The van der Waals surface area contributed by atoms with E-state index in [4.69, 9.17) is 14.8 Å². The van der Waals surface area contributed by atoms with Gasteiger partial charge in [-0.3, -0.25) is 9.78 Å². The Balaban J connectivity index is 0.000000441. The lowest BCUT2D eigenvalue weighted by Gasteiger charge is -2.29. The van der Waals surface area contributed by atoms with Gasteiger partial charge in [-0.05, 0) is 103 Å². The van der Waals surface area contributed by atoms with Gasteiger partial charge in [-0.2, -0.15) is 0 Å². The minimum atomic E-state index is -0.500. The van der Waals surface area contributed by atoms with Crippen LogP contribution in [0.1, 0.15) is 99.5 Å². The van der Waals surface area contributed by atoms with Gasteiger partial charge in [-0.15, -0.1) is 0 Å². The van der Waals surface area contributed by atoms with Crippen molar-refractivity contribution < 1.29 is 14.6 Å². The zero-order valence-corrected chi connectivity index (χ0v) is 21.9. The van der Waals surface area contributed by atoms with Crippen LogP contribution in [-0.2, 0) is 9.53 Å². The molecule has 4 heteroatoms. The van der Waals surface area contributed by atoms with Gasteiger partial charge in [0.15, 0.2) is 0 Å². The number of aliphatic hydroxyl groups is 1. The van der Waals surface area contributed by atoms with Crippen LogP contribution in [0.4, 0.5) is 0 Å². The average Bonchev–Trinajstić information content (AvgIpc) is 3.72. The van der Waals surface area contributed by atoms with Crippen LogP contribution in [-0.4, -0.2) is 28.3 Å². The fourth-order valence-corrected chi connectivity index (χ4v) is 6.60. The second kappa shape index (κ2) is 8.01. The van der Waals surface area contributed by atoms with Crippen molar-refractivity contribution in [2.75, 3.05) is 6.61 Å². The SMILES string of the molecule is CC(C)(C)O.CCOC(=O)CC1=C(c2ccc3c4c(ccnc24)C2CC32)c2ccccc2C2CC12C. The van der Waals surface area contributed by atoms with E-state index in [9.17, 15) is 4.79 Å². The molecule has 0 radical (unpaired) electrons. The highest BCUT2D eigenvalue weighted by atomic mass is 16.5. The van der Waals surface area contributed by atoms with Gasteiger partial charge in [-0.25, -0.2) is 0 Å². The molecule has 4 aliphatic carbocycles. The van der Waals surface area contributed by atoms with Crippen LogP contribution in [0, 0.1) is 5.41 Å². The lowest BCUT2D eigenvalue weighted by atomic mass is 9.75. The fourth-order valence-electron chi connectivity index (χ4n) is 6.60. The Morgan fingerprint density at radius 1 is 1.06 bits per heavy atom. The number of hydrogen-bond donors (Lipinski definition) is 1. The summed E-state index contributed by atoms with van der Waals surface area (Å²) in [5, 5.41) is 9.89. The lowest BCUT2D eigenvalue weighted by Crippen LogP contribution is -2.18. The predicted molar refractivity (Wildman–Crippen MR) is 143 cm³/mol. The molecule has 0 bridgehead atoms. The molecule has 1 aromatic heterocycles. The van der Waals surface area contributed by atoms with Crippen LogP contribution in [0.15, 0.2) is 54.2 Å². The van der Waals surface area contributed by atoms with Crippen LogP contribution in [0.2, 0.25) is 0 Å². The molecular weight excluding hydrogens is 446 g/mol. The van der Waals surface area contributed by atoms with E-state index < -0.39 is 5.60 Å². The van der Waals surface area contributed by atoms with Gasteiger partial charge in [0.2, 0.25) is 0 Å². The summed E-state index contributed by atoms with van der Waals surface area (Å²) in [6.45, 7) is 9.85. The number of benzene rings is 2. The van der Waals surface area contributed by atoms with E-state index in [1.54, 1.807) is 20.8 Å². The molecule has 2 saturated carbocycles. The summed E-state index contributed by atoms with van der Waals surface area (Å²) >= 11 is 0. The first-order valence-corrected chi connectivity index (χ1v) is 13.2. The van der Waals surface area contributed by atoms with Crippen LogP contribution in [0.3, 0.4) is 0 Å². The standard InChI is InChI=1S/C28H25NO2.C4H10O/c1-3-31-24(30)13-22-25(16-7-5-4-6-15(16)23-14-28(22,23)2)19-9-8-17-20-12-21(20)18-10-11-29-27(19)26(17)18;1-4(2,3)5/h4-11,20-21,23H,3,12-14H2,1-2H3;5H,1-3H3. The largest absolute Gasteiger partial charge is 0.466 e. The summed E-state index contributed by atoms with van der Waals surface area (Å²) in [5.74, 6) is 1.75. The molecule has 4 atom stereocenters. The number of aromatic nitrogens is 1. The first-order valence-electron chi connectivity index (χ1n) is 13.2. The smallest absolute Gasteiger partial charge is 0.309 e. The number of carbonyl (C=O) groups is 1. The van der Waals surface area contributed by atoms with E-state index in [-0.39, 0.29) is 11.4 Å². The Hall–Kier alpha value is -2.98. The molecule has 0 spiro atoms. The van der Waals surface area contributed by atoms with E-state index in [1.165, 1.54) is 50.8 Å². The summed E-state index contributed by atoms with van der Waals surface area (Å²) in [5.41, 5.74) is 9.90. The molecule has 36 heavy (non-hydrogen) atoms. The van der Waals surface area contributed by atoms with Crippen LogP contribution >= 0.6 is 0 Å². The number of rotatable bonds is 4. The van der Waals surface area contributed by atoms with Crippen LogP contribution in [0.25, 0.3) is 16.5 Å². The monoisotopic (exact) mass is 481 g/mol. The van der Waals surface area contributed by atoms with Gasteiger partial charge < -0.3 is 9.84 Å². The van der Waals surface area contributed by atoms with E-state index in [0.717, 1.165) is 11.9 Å². The van der Waals surface area contributed by atoms with Crippen LogP contribution in [0.5, 0.6) is 0 Å². The Kier molecular flexibility index (Phi) is 5.21. The minimum Gasteiger partial charge on any atom is -0.466 e. The fraction of sp³-hybridized carbons (Fsp3) is 0.438. The molecule has 7 rings (SSSR count). The highest BCUT2D eigenvalue weighted by Crippen LogP contribution is 2.70. The van der Waals surface area contributed by atoms with Crippen LogP contribution < -0.4 is 0 Å². The van der Waals surface area contributed by atoms with Gasteiger partial charge in [0.1, 0.15) is 0 Å². The third kappa shape index (κ3) is 3.69. The zero-order valence-electron chi connectivity index (χ0n) is 21.9. The van der Waals surface area contributed by atoms with Crippen molar-refractivity contribution in [3.05, 3.63) is 82.1 Å². The van der Waals surface area contributed by atoms with Gasteiger partial charge in [-0.1, -0.05) is 43.3 Å². The van der Waals surface area contributed by atoms with Gasteiger partial charge in [0.05, 0.1) is 24.1 Å². The number of hydrogen-bond acceptors (Lipinski definition) is 4. The molecule has 0 saturated heterocycles. The molecule has 1 N–H and O–H groups in total. The van der Waals surface area contributed by atoms with E-state index in [0.29, 0.717) is 30.8 Å². The predicted octanol–water partition coefficient (Wildman–Crippen LogP) is 6.86. The van der Waals surface area contributed by atoms with Crippen molar-refractivity contribution >= 4 is 22.4 Å². The zero-order chi connectivity index (χ0) is 25.4. The van der Waals surface area contributed by atoms with E-state index >= 15 is 0 Å². The number of fused-ring (bicyclic) bond motifs is 6. The summed E-state index contributed by atoms with van der Waals surface area (Å²) in [6, 6.07) is 15.6. The first kappa shape index (κ1) is 23.4. The molecule has 0 amide bonds. The number of carbonyl (C=O) groups excluding carboxylic acids is 1. The average molecular weight is 482 g/mol. The second-order valence-electron chi connectivity index (χ2n) is 12.0. The topological polar surface area (TPSA) is 59.4 Å². The van der Waals surface area contributed by atoms with Gasteiger partial charge >= 0.3 is 5.97 Å². The Morgan fingerprint density at radius 2 is 1.75 bits per heavy atom. The van der Waals surface area contributed by atoms with Gasteiger partial charge in [0.25, 0.3) is 0 Å². The third-order valence-electron chi connectivity index (χ3n) is 8.28. The Labute approximate surface area is 213 Å². The second-order valence-corrected chi connectivity index (χ2v) is 12.0. The number of ether oxygens (including phenoxy) is 1. The summed E-state index contributed by atoms with van der Waals surface area (Å²) in [4.78, 5) is 17.6. The molecule has 4 nitrogen and oxygen atoms in total. The van der Waals surface area contributed by atoms with Crippen molar-refractivity contribution in [3.8, 4) is 0 Å². The van der Waals surface area contributed by atoms with Crippen molar-refractivity contribution in [3.63, 3.8) is 0 Å². The molecular formula is C32H35NO3. The van der Waals surface area contributed by atoms with Crippen molar-refractivity contribution in [1.29, 1.82) is 0 Å². The number of pyridine rings is 1. The van der Waals surface area contributed by atoms with Gasteiger partial charge in [0, 0.05) is 17.1 Å².